The number of aromatic nitrogens is 4. The SMILES string of the molecule is O=C(Cn1ncc2c(N3CCCCCC3)ncnc21)Nc1ccc(F)cc1F. The lowest BCUT2D eigenvalue weighted by Crippen LogP contribution is -2.25. The average Bonchev–Trinajstić information content (AvgIpc) is 2.90. The monoisotopic (exact) mass is 386 g/mol. The molecule has 3 heterocycles. The summed E-state index contributed by atoms with van der Waals surface area (Å²) in [4.78, 5) is 23.2. The molecule has 1 saturated heterocycles. The first-order valence-corrected chi connectivity index (χ1v) is 9.28. The van der Waals surface area contributed by atoms with Crippen LogP contribution in [0.15, 0.2) is 30.7 Å². The van der Waals surface area contributed by atoms with E-state index in [4.69, 9.17) is 0 Å². The molecule has 1 amide bonds. The van der Waals surface area contributed by atoms with Crippen molar-refractivity contribution in [2.75, 3.05) is 23.3 Å². The van der Waals surface area contributed by atoms with Crippen molar-refractivity contribution in [3.05, 3.63) is 42.4 Å². The highest BCUT2D eigenvalue weighted by Gasteiger charge is 2.18. The van der Waals surface area contributed by atoms with Crippen LogP contribution in [0, 0.1) is 11.6 Å². The van der Waals surface area contributed by atoms with Crippen molar-refractivity contribution in [1.82, 2.24) is 19.7 Å². The lowest BCUT2D eigenvalue weighted by Gasteiger charge is -2.21. The molecule has 0 spiro atoms. The van der Waals surface area contributed by atoms with Gasteiger partial charge in [-0.3, -0.25) is 4.79 Å². The fourth-order valence-electron chi connectivity index (χ4n) is 3.45. The predicted molar refractivity (Wildman–Crippen MR) is 101 cm³/mol. The quantitative estimate of drug-likeness (QED) is 0.746. The Kier molecular flexibility index (Phi) is 5.14. The van der Waals surface area contributed by atoms with E-state index in [2.05, 4.69) is 25.3 Å². The first-order valence-electron chi connectivity index (χ1n) is 9.28. The number of hydrogen-bond acceptors (Lipinski definition) is 5. The molecule has 0 radical (unpaired) electrons. The van der Waals surface area contributed by atoms with Crippen molar-refractivity contribution in [2.45, 2.75) is 32.2 Å². The number of anilines is 2. The number of nitrogens with one attached hydrogen (secondary N) is 1. The van der Waals surface area contributed by atoms with Gasteiger partial charge in [0, 0.05) is 19.2 Å². The third kappa shape index (κ3) is 3.78. The van der Waals surface area contributed by atoms with E-state index in [9.17, 15) is 13.6 Å². The topological polar surface area (TPSA) is 75.9 Å². The minimum atomic E-state index is -0.829. The molecule has 1 N–H and O–H groups in total. The maximum absolute atomic E-state index is 13.7. The Labute approximate surface area is 160 Å². The van der Waals surface area contributed by atoms with Crippen molar-refractivity contribution in [2.24, 2.45) is 0 Å². The minimum Gasteiger partial charge on any atom is -0.356 e. The van der Waals surface area contributed by atoms with Crippen molar-refractivity contribution in [1.29, 1.82) is 0 Å². The van der Waals surface area contributed by atoms with Gasteiger partial charge in [0.2, 0.25) is 5.91 Å². The van der Waals surface area contributed by atoms with Crippen molar-refractivity contribution in [3.8, 4) is 0 Å². The number of fused-ring (bicyclic) bond motifs is 1. The first kappa shape index (κ1) is 18.3. The molecule has 1 aliphatic heterocycles. The van der Waals surface area contributed by atoms with E-state index >= 15 is 0 Å². The largest absolute Gasteiger partial charge is 0.356 e. The molecule has 1 aromatic carbocycles. The Morgan fingerprint density at radius 2 is 1.89 bits per heavy atom. The van der Waals surface area contributed by atoms with Crippen LogP contribution in [0.5, 0.6) is 0 Å². The number of hydrogen-bond donors (Lipinski definition) is 1. The molecule has 2 aromatic heterocycles. The van der Waals surface area contributed by atoms with E-state index in [1.54, 1.807) is 6.20 Å². The Morgan fingerprint density at radius 3 is 2.64 bits per heavy atom. The number of benzene rings is 1. The zero-order valence-electron chi connectivity index (χ0n) is 15.2. The molecule has 0 atom stereocenters. The van der Waals surface area contributed by atoms with E-state index < -0.39 is 17.5 Å². The van der Waals surface area contributed by atoms with Gasteiger partial charge in [0.1, 0.15) is 30.3 Å². The van der Waals surface area contributed by atoms with Crippen LogP contribution >= 0.6 is 0 Å². The molecule has 28 heavy (non-hydrogen) atoms. The third-order valence-electron chi connectivity index (χ3n) is 4.82. The molecule has 9 heteroatoms. The third-order valence-corrected chi connectivity index (χ3v) is 4.82. The van der Waals surface area contributed by atoms with Gasteiger partial charge in [-0.1, -0.05) is 12.8 Å². The molecule has 3 aromatic rings. The van der Waals surface area contributed by atoms with Gasteiger partial charge in [-0.15, -0.1) is 0 Å². The van der Waals surface area contributed by atoms with E-state index in [1.807, 2.05) is 0 Å². The molecule has 0 aliphatic carbocycles. The van der Waals surface area contributed by atoms with Gasteiger partial charge in [0.15, 0.2) is 5.65 Å². The van der Waals surface area contributed by atoms with E-state index in [0.717, 1.165) is 49.3 Å². The van der Waals surface area contributed by atoms with E-state index in [0.29, 0.717) is 5.65 Å². The van der Waals surface area contributed by atoms with Gasteiger partial charge in [-0.2, -0.15) is 5.10 Å². The molecule has 146 valence electrons. The highest BCUT2D eigenvalue weighted by Crippen LogP contribution is 2.25. The minimum absolute atomic E-state index is 0.0808. The van der Waals surface area contributed by atoms with Crippen molar-refractivity contribution < 1.29 is 13.6 Å². The molecule has 0 saturated carbocycles. The van der Waals surface area contributed by atoms with Gasteiger partial charge in [-0.05, 0) is 25.0 Å². The Hall–Kier alpha value is -3.10. The Morgan fingerprint density at radius 1 is 1.11 bits per heavy atom. The molecule has 4 rings (SSSR count). The fourth-order valence-corrected chi connectivity index (χ4v) is 3.45. The van der Waals surface area contributed by atoms with E-state index in [1.165, 1.54) is 29.9 Å². The highest BCUT2D eigenvalue weighted by atomic mass is 19.1. The van der Waals surface area contributed by atoms with Gasteiger partial charge in [-0.25, -0.2) is 23.4 Å². The van der Waals surface area contributed by atoms with Crippen molar-refractivity contribution >= 4 is 28.4 Å². The van der Waals surface area contributed by atoms with Crippen LogP contribution in [0.1, 0.15) is 25.7 Å². The summed E-state index contributed by atoms with van der Waals surface area (Å²) >= 11 is 0. The number of carbonyl (C=O) groups is 1. The van der Waals surface area contributed by atoms with E-state index in [-0.39, 0.29) is 12.2 Å². The van der Waals surface area contributed by atoms with Crippen molar-refractivity contribution in [3.63, 3.8) is 0 Å². The standard InChI is InChI=1S/C19H20F2N6O/c20-13-5-6-16(15(21)9-13)25-17(28)11-27-19-14(10-24-27)18(22-12-23-19)26-7-3-1-2-4-8-26/h5-6,9-10,12H,1-4,7-8,11H2,(H,25,28). The molecule has 0 unspecified atom stereocenters. The van der Waals surface area contributed by atoms with Gasteiger partial charge >= 0.3 is 0 Å². The summed E-state index contributed by atoms with van der Waals surface area (Å²) in [6.07, 6.45) is 7.78. The Balaban J connectivity index is 1.54. The summed E-state index contributed by atoms with van der Waals surface area (Å²) in [6, 6.07) is 2.99. The van der Waals surface area contributed by atoms with Crippen LogP contribution in [-0.2, 0) is 11.3 Å². The summed E-state index contributed by atoms with van der Waals surface area (Å²) in [6.45, 7) is 1.72. The van der Waals surface area contributed by atoms with Gasteiger partial charge < -0.3 is 10.2 Å². The summed E-state index contributed by atoms with van der Waals surface area (Å²) in [5, 5.41) is 7.48. The number of nitrogens with zero attached hydrogens (tertiary/aromatic N) is 5. The molecule has 1 fully saturated rings. The number of amides is 1. The maximum atomic E-state index is 13.7. The summed E-state index contributed by atoms with van der Waals surface area (Å²) < 4.78 is 28.2. The van der Waals surface area contributed by atoms with Crippen LogP contribution < -0.4 is 10.2 Å². The zero-order chi connectivity index (χ0) is 19.5. The predicted octanol–water partition coefficient (Wildman–Crippen LogP) is 3.12. The normalized spacial score (nSPS) is 14.9. The lowest BCUT2D eigenvalue weighted by molar-refractivity contribution is -0.116. The van der Waals surface area contributed by atoms with Gasteiger partial charge in [0.25, 0.3) is 0 Å². The molecular formula is C19H20F2N6O. The Bertz CT molecular complexity index is 997. The number of halogens is 2. The summed E-state index contributed by atoms with van der Waals surface area (Å²) in [5.41, 5.74) is 0.465. The van der Waals surface area contributed by atoms with Crippen LogP contribution in [0.3, 0.4) is 0 Å². The van der Waals surface area contributed by atoms with Crippen LogP contribution in [0.4, 0.5) is 20.3 Å². The first-order chi connectivity index (χ1) is 13.6. The lowest BCUT2D eigenvalue weighted by atomic mass is 10.2. The second kappa shape index (κ2) is 7.87. The molecule has 7 nitrogen and oxygen atoms in total. The fraction of sp³-hybridized carbons (Fsp3) is 0.368. The second-order valence-electron chi connectivity index (χ2n) is 6.81. The van der Waals surface area contributed by atoms with Crippen LogP contribution in [-0.4, -0.2) is 38.7 Å². The molecule has 0 bridgehead atoms. The summed E-state index contributed by atoms with van der Waals surface area (Å²) in [5.74, 6) is -1.19. The van der Waals surface area contributed by atoms with Crippen LogP contribution in [0.2, 0.25) is 0 Å². The van der Waals surface area contributed by atoms with Crippen LogP contribution in [0.25, 0.3) is 11.0 Å². The number of carbonyl (C=O) groups excluding carboxylic acids is 1. The average molecular weight is 386 g/mol. The second-order valence-corrected chi connectivity index (χ2v) is 6.81. The van der Waals surface area contributed by atoms with Gasteiger partial charge in [0.05, 0.1) is 17.3 Å². The molecular weight excluding hydrogens is 366 g/mol. The zero-order valence-corrected chi connectivity index (χ0v) is 15.2. The maximum Gasteiger partial charge on any atom is 0.246 e. The molecule has 1 aliphatic rings. The summed E-state index contributed by atoms with van der Waals surface area (Å²) in [7, 11) is 0. The number of rotatable bonds is 4. The smallest absolute Gasteiger partial charge is 0.246 e. The highest BCUT2D eigenvalue weighted by molar-refractivity contribution is 5.92.